The molecule has 0 atom stereocenters. The highest BCUT2D eigenvalue weighted by molar-refractivity contribution is 5.23. The maximum absolute atomic E-state index is 2.21. The van der Waals surface area contributed by atoms with Gasteiger partial charge >= 0.3 is 0 Å². The van der Waals surface area contributed by atoms with Crippen LogP contribution in [-0.4, -0.2) is 0 Å². The standard InChI is InChI=1S/C10H14.C9H12.C4H10.CH4/c1-8(2)10-6-4-9(3)5-7-10;1-8(2)9-6-4-3-5-7-9;1-4(2)3;/h4-8H,1-3H3;3-8H,1-2H3;4H,1-3H3;1H4. The van der Waals surface area contributed by atoms with Crippen LogP contribution in [0.15, 0.2) is 54.6 Å². The number of rotatable bonds is 2. The van der Waals surface area contributed by atoms with E-state index in [0.717, 1.165) is 5.92 Å². The highest BCUT2D eigenvalue weighted by Gasteiger charge is 1.95. The first-order valence-corrected chi connectivity index (χ1v) is 8.85. The summed E-state index contributed by atoms with van der Waals surface area (Å²) in [5, 5.41) is 0. The van der Waals surface area contributed by atoms with Crippen molar-refractivity contribution in [1.29, 1.82) is 0 Å². The van der Waals surface area contributed by atoms with E-state index < -0.39 is 0 Å². The molecule has 0 heteroatoms. The quantitative estimate of drug-likeness (QED) is 0.520. The molecule has 0 unspecified atom stereocenters. The van der Waals surface area contributed by atoms with E-state index in [1.165, 1.54) is 16.7 Å². The van der Waals surface area contributed by atoms with Crippen LogP contribution >= 0.6 is 0 Å². The Hall–Kier alpha value is -1.56. The summed E-state index contributed by atoms with van der Waals surface area (Å²) in [7, 11) is 0. The van der Waals surface area contributed by atoms with E-state index in [0.29, 0.717) is 11.8 Å². The van der Waals surface area contributed by atoms with Gasteiger partial charge in [0.15, 0.2) is 0 Å². The molecule has 0 aliphatic rings. The van der Waals surface area contributed by atoms with Crippen LogP contribution in [0, 0.1) is 12.8 Å². The second kappa shape index (κ2) is 13.8. The average molecular weight is 329 g/mol. The van der Waals surface area contributed by atoms with Gasteiger partial charge in [-0.25, -0.2) is 0 Å². The van der Waals surface area contributed by atoms with Gasteiger partial charge in [0.05, 0.1) is 0 Å². The third-order valence-electron chi connectivity index (χ3n) is 3.21. The Labute approximate surface area is 152 Å². The second-order valence-electron chi connectivity index (χ2n) is 7.36. The van der Waals surface area contributed by atoms with Crippen molar-refractivity contribution in [1.82, 2.24) is 0 Å². The van der Waals surface area contributed by atoms with Crippen molar-refractivity contribution < 1.29 is 0 Å². The summed E-state index contributed by atoms with van der Waals surface area (Å²) in [6, 6.07) is 19.2. The minimum Gasteiger partial charge on any atom is -0.0776 e. The molecule has 0 amide bonds. The van der Waals surface area contributed by atoms with Gasteiger partial charge in [-0.3, -0.25) is 0 Å². The van der Waals surface area contributed by atoms with E-state index in [1.807, 2.05) is 6.07 Å². The predicted molar refractivity (Wildman–Crippen MR) is 113 cm³/mol. The monoisotopic (exact) mass is 328 g/mol. The normalized spacial score (nSPS) is 9.62. The molecule has 0 aliphatic carbocycles. The topological polar surface area (TPSA) is 0 Å². The zero-order valence-corrected chi connectivity index (χ0v) is 16.4. The Morgan fingerprint density at radius 3 is 1.17 bits per heavy atom. The molecule has 0 saturated carbocycles. The Morgan fingerprint density at radius 1 is 0.542 bits per heavy atom. The number of benzene rings is 2. The molecule has 24 heavy (non-hydrogen) atoms. The van der Waals surface area contributed by atoms with Gasteiger partial charge in [0.25, 0.3) is 0 Å². The van der Waals surface area contributed by atoms with Crippen LogP contribution in [0.4, 0.5) is 0 Å². The Kier molecular flexibility index (Phi) is 14.2. The fraction of sp³-hybridized carbons (Fsp3) is 0.500. The maximum atomic E-state index is 2.21. The van der Waals surface area contributed by atoms with Gasteiger partial charge in [0.2, 0.25) is 0 Å². The van der Waals surface area contributed by atoms with Crippen LogP contribution in [0.25, 0.3) is 0 Å². The maximum Gasteiger partial charge on any atom is -0.0219 e. The molecule has 0 aromatic heterocycles. The molecule has 0 nitrogen and oxygen atoms in total. The van der Waals surface area contributed by atoms with E-state index in [-0.39, 0.29) is 7.43 Å². The molecule has 2 aromatic carbocycles. The lowest BCUT2D eigenvalue weighted by Gasteiger charge is -2.03. The highest BCUT2D eigenvalue weighted by atomic mass is 14.0. The molecule has 2 aromatic rings. The lowest BCUT2D eigenvalue weighted by Crippen LogP contribution is -1.85. The zero-order chi connectivity index (χ0) is 17.8. The fourth-order valence-corrected chi connectivity index (χ4v) is 1.79. The summed E-state index contributed by atoms with van der Waals surface area (Å²) in [6.45, 7) is 17.4. The number of hydrogen-bond donors (Lipinski definition) is 0. The minimum atomic E-state index is 0. The third-order valence-corrected chi connectivity index (χ3v) is 3.21. The smallest absolute Gasteiger partial charge is 0.0219 e. The molecule has 0 saturated heterocycles. The first-order chi connectivity index (χ1) is 10.7. The van der Waals surface area contributed by atoms with Crippen LogP contribution < -0.4 is 0 Å². The van der Waals surface area contributed by atoms with Crippen LogP contribution in [0.3, 0.4) is 0 Å². The molecular formula is C24H40. The summed E-state index contributed by atoms with van der Waals surface area (Å²) >= 11 is 0. The van der Waals surface area contributed by atoms with Crippen LogP contribution in [0.2, 0.25) is 0 Å². The molecule has 136 valence electrons. The van der Waals surface area contributed by atoms with Gasteiger partial charge in [-0.1, -0.05) is 116 Å². The summed E-state index contributed by atoms with van der Waals surface area (Å²) in [4.78, 5) is 0. The van der Waals surface area contributed by atoms with Gasteiger partial charge in [-0.2, -0.15) is 0 Å². The fourth-order valence-electron chi connectivity index (χ4n) is 1.79. The molecule has 0 spiro atoms. The molecule has 0 heterocycles. The van der Waals surface area contributed by atoms with E-state index in [4.69, 9.17) is 0 Å². The average Bonchev–Trinajstić information content (AvgIpc) is 2.48. The molecule has 0 N–H and O–H groups in total. The van der Waals surface area contributed by atoms with Crippen molar-refractivity contribution >= 4 is 0 Å². The summed E-state index contributed by atoms with van der Waals surface area (Å²) in [6.07, 6.45) is 0. The highest BCUT2D eigenvalue weighted by Crippen LogP contribution is 2.13. The molecule has 0 fully saturated rings. The Bertz CT molecular complexity index is 487. The second-order valence-corrected chi connectivity index (χ2v) is 7.36. The summed E-state index contributed by atoms with van der Waals surface area (Å²) in [5.74, 6) is 2.15. The Balaban J connectivity index is 0. The van der Waals surface area contributed by atoms with E-state index in [9.17, 15) is 0 Å². The molecule has 0 bridgehead atoms. The van der Waals surface area contributed by atoms with Gasteiger partial charge in [0, 0.05) is 0 Å². The molecule has 0 radical (unpaired) electrons. The van der Waals surface area contributed by atoms with E-state index in [2.05, 4.69) is 104 Å². The Morgan fingerprint density at radius 2 is 0.875 bits per heavy atom. The van der Waals surface area contributed by atoms with Crippen molar-refractivity contribution in [3.05, 3.63) is 71.3 Å². The summed E-state index contributed by atoms with van der Waals surface area (Å²) in [5.41, 5.74) is 4.17. The van der Waals surface area contributed by atoms with Crippen LogP contribution in [0.1, 0.15) is 84.4 Å². The first-order valence-electron chi connectivity index (χ1n) is 8.85. The van der Waals surface area contributed by atoms with Crippen LogP contribution in [0.5, 0.6) is 0 Å². The van der Waals surface area contributed by atoms with Gasteiger partial charge in [0.1, 0.15) is 0 Å². The van der Waals surface area contributed by atoms with Crippen molar-refractivity contribution in [2.75, 3.05) is 0 Å². The lowest BCUT2D eigenvalue weighted by molar-refractivity contribution is 0.737. The predicted octanol–water partition coefficient (Wildman–Crippen LogP) is 8.23. The minimum absolute atomic E-state index is 0. The van der Waals surface area contributed by atoms with E-state index in [1.54, 1.807) is 0 Å². The lowest BCUT2D eigenvalue weighted by atomic mass is 10.0. The van der Waals surface area contributed by atoms with Crippen molar-refractivity contribution in [3.63, 3.8) is 0 Å². The summed E-state index contributed by atoms with van der Waals surface area (Å²) < 4.78 is 0. The van der Waals surface area contributed by atoms with E-state index >= 15 is 0 Å². The van der Waals surface area contributed by atoms with Crippen molar-refractivity contribution in [3.8, 4) is 0 Å². The first kappa shape index (κ1) is 24.7. The van der Waals surface area contributed by atoms with Gasteiger partial charge in [-0.05, 0) is 35.8 Å². The SMILES string of the molecule is C.CC(C)C.CC(C)c1ccccc1.Cc1ccc(C(C)C)cc1. The van der Waals surface area contributed by atoms with Crippen molar-refractivity contribution in [2.45, 2.75) is 74.7 Å². The molecule has 2 rings (SSSR count). The van der Waals surface area contributed by atoms with Gasteiger partial charge in [-0.15, -0.1) is 0 Å². The number of hydrogen-bond acceptors (Lipinski definition) is 0. The molecule has 0 aliphatic heterocycles. The van der Waals surface area contributed by atoms with Crippen LogP contribution in [-0.2, 0) is 0 Å². The zero-order valence-electron chi connectivity index (χ0n) is 16.4. The largest absolute Gasteiger partial charge is 0.0776 e. The van der Waals surface area contributed by atoms with Gasteiger partial charge < -0.3 is 0 Å². The molecular weight excluding hydrogens is 288 g/mol. The third kappa shape index (κ3) is 12.9. The van der Waals surface area contributed by atoms with Crippen molar-refractivity contribution in [2.24, 2.45) is 5.92 Å². The number of aryl methyl sites for hydroxylation is 1.